The first kappa shape index (κ1) is 21.8. The van der Waals surface area contributed by atoms with Crippen molar-refractivity contribution in [2.24, 2.45) is 0 Å². The lowest BCUT2D eigenvalue weighted by Gasteiger charge is -2.29. The number of hydrogen-bond donors (Lipinski definition) is 2. The molecule has 2 N–H and O–H groups in total. The van der Waals surface area contributed by atoms with Crippen molar-refractivity contribution in [3.8, 4) is 11.8 Å². The lowest BCUT2D eigenvalue weighted by atomic mass is 10.0. The van der Waals surface area contributed by atoms with E-state index in [0.29, 0.717) is 12.6 Å². The zero-order chi connectivity index (χ0) is 21.6. The summed E-state index contributed by atoms with van der Waals surface area (Å²) in [7, 11) is 2.21. The van der Waals surface area contributed by atoms with Gasteiger partial charge in [-0.25, -0.2) is 0 Å². The Morgan fingerprint density at radius 2 is 1.87 bits per heavy atom. The number of nitrogens with one attached hydrogen (secondary N) is 2. The molecule has 2 heterocycles. The first-order valence-corrected chi connectivity index (χ1v) is 11.5. The molecule has 1 saturated heterocycles. The molecule has 0 spiro atoms. The Morgan fingerprint density at radius 3 is 2.61 bits per heavy atom. The average Bonchev–Trinajstić information content (AvgIpc) is 3.15. The highest BCUT2D eigenvalue weighted by Crippen LogP contribution is 2.24. The fourth-order valence-electron chi connectivity index (χ4n) is 4.26. The smallest absolute Gasteiger partial charge is 0.0931 e. The van der Waals surface area contributed by atoms with Gasteiger partial charge in [-0.2, -0.15) is 0 Å². The summed E-state index contributed by atoms with van der Waals surface area (Å²) in [4.78, 5) is 2.41. The van der Waals surface area contributed by atoms with Crippen molar-refractivity contribution in [2.75, 3.05) is 32.0 Å². The summed E-state index contributed by atoms with van der Waals surface area (Å²) in [6.07, 6.45) is 2.44. The molecular weight excluding hydrogens is 404 g/mol. The molecule has 0 amide bonds. The topological polar surface area (TPSA) is 32.2 Å². The monoisotopic (exact) mass is 434 g/mol. The molecule has 1 aliphatic heterocycles. The van der Waals surface area contributed by atoms with Crippen LogP contribution in [-0.4, -0.2) is 42.2 Å². The van der Waals surface area contributed by atoms with Crippen LogP contribution in [0.5, 0.6) is 0 Å². The number of aryl methyl sites for hydroxylation is 1. The van der Waals surface area contributed by atoms with Crippen LogP contribution >= 0.6 is 11.6 Å². The molecule has 4 nitrogen and oxygen atoms in total. The van der Waals surface area contributed by atoms with Gasteiger partial charge in [0, 0.05) is 40.7 Å². The number of piperidine rings is 1. The standard InChI is InChI=1S/C26H31ClN4/c1-3-31-24(7-5-15-28-22-11-9-21(27)10-12-22)18-25-20(6-4-8-26(25)31)19-29-23-13-16-30(2)17-14-23/h4,6,8-12,18,23,28-29H,3,13-17,19H2,1-2H3. The highest BCUT2D eigenvalue weighted by Gasteiger charge is 2.16. The second kappa shape index (κ2) is 10.2. The summed E-state index contributed by atoms with van der Waals surface area (Å²) in [6, 6.07) is 17.2. The van der Waals surface area contributed by atoms with E-state index in [9.17, 15) is 0 Å². The van der Waals surface area contributed by atoms with Crippen LogP contribution in [0.3, 0.4) is 0 Å². The number of fused-ring (bicyclic) bond motifs is 1. The van der Waals surface area contributed by atoms with Gasteiger partial charge in [0.05, 0.1) is 12.2 Å². The minimum atomic E-state index is 0.595. The third-order valence-corrected chi connectivity index (χ3v) is 6.35. The van der Waals surface area contributed by atoms with Crippen molar-refractivity contribution in [1.82, 2.24) is 14.8 Å². The van der Waals surface area contributed by atoms with Crippen molar-refractivity contribution < 1.29 is 0 Å². The maximum Gasteiger partial charge on any atom is 0.0931 e. The molecule has 2 aromatic carbocycles. The van der Waals surface area contributed by atoms with E-state index >= 15 is 0 Å². The van der Waals surface area contributed by atoms with Gasteiger partial charge in [0.2, 0.25) is 0 Å². The Morgan fingerprint density at radius 1 is 1.10 bits per heavy atom. The van der Waals surface area contributed by atoms with Gasteiger partial charge >= 0.3 is 0 Å². The molecule has 5 heteroatoms. The van der Waals surface area contributed by atoms with E-state index in [-0.39, 0.29) is 0 Å². The minimum Gasteiger partial charge on any atom is -0.374 e. The van der Waals surface area contributed by atoms with E-state index in [1.54, 1.807) is 0 Å². The summed E-state index contributed by atoms with van der Waals surface area (Å²) in [6.45, 7) is 6.95. The van der Waals surface area contributed by atoms with Crippen LogP contribution < -0.4 is 10.6 Å². The molecule has 0 aliphatic carbocycles. The molecule has 0 radical (unpaired) electrons. The molecule has 0 unspecified atom stereocenters. The number of hydrogen-bond acceptors (Lipinski definition) is 3. The van der Waals surface area contributed by atoms with Crippen molar-refractivity contribution in [2.45, 2.75) is 38.9 Å². The number of rotatable bonds is 6. The van der Waals surface area contributed by atoms with E-state index in [0.717, 1.165) is 29.5 Å². The molecule has 1 aliphatic rings. The average molecular weight is 435 g/mol. The number of halogens is 1. The number of likely N-dealkylation sites (tertiary alicyclic amines) is 1. The summed E-state index contributed by atoms with van der Waals surface area (Å²) in [5.41, 5.74) is 4.71. The predicted octanol–water partition coefficient (Wildman–Crippen LogP) is 4.96. The largest absolute Gasteiger partial charge is 0.374 e. The van der Waals surface area contributed by atoms with E-state index < -0.39 is 0 Å². The lowest BCUT2D eigenvalue weighted by molar-refractivity contribution is 0.234. The van der Waals surface area contributed by atoms with Gasteiger partial charge in [-0.15, -0.1) is 0 Å². The fourth-order valence-corrected chi connectivity index (χ4v) is 4.39. The third kappa shape index (κ3) is 5.43. The number of anilines is 1. The Bertz CT molecular complexity index is 1070. The summed E-state index contributed by atoms with van der Waals surface area (Å²) in [5.74, 6) is 6.64. The van der Waals surface area contributed by atoms with E-state index in [2.05, 4.69) is 70.2 Å². The maximum absolute atomic E-state index is 5.95. The highest BCUT2D eigenvalue weighted by atomic mass is 35.5. The maximum atomic E-state index is 5.95. The predicted molar refractivity (Wildman–Crippen MR) is 132 cm³/mol. The molecule has 31 heavy (non-hydrogen) atoms. The zero-order valence-corrected chi connectivity index (χ0v) is 19.2. The highest BCUT2D eigenvalue weighted by molar-refractivity contribution is 6.30. The van der Waals surface area contributed by atoms with Crippen LogP contribution in [0.15, 0.2) is 48.5 Å². The SMILES string of the molecule is CCn1c(C#CCNc2ccc(Cl)cc2)cc2c(CNC3CCN(C)CC3)cccc21. The Labute approximate surface area is 190 Å². The molecule has 1 fully saturated rings. The lowest BCUT2D eigenvalue weighted by Crippen LogP contribution is -2.40. The third-order valence-electron chi connectivity index (χ3n) is 6.09. The minimum absolute atomic E-state index is 0.595. The van der Waals surface area contributed by atoms with Gasteiger partial charge in [0.25, 0.3) is 0 Å². The Kier molecular flexibility index (Phi) is 7.19. The Balaban J connectivity index is 1.46. The van der Waals surface area contributed by atoms with Gasteiger partial charge in [-0.3, -0.25) is 0 Å². The van der Waals surface area contributed by atoms with Crippen molar-refractivity contribution >= 4 is 28.2 Å². The first-order valence-electron chi connectivity index (χ1n) is 11.2. The van der Waals surface area contributed by atoms with Gasteiger partial charge in [0.1, 0.15) is 0 Å². The number of nitrogens with zero attached hydrogens (tertiary/aromatic N) is 2. The van der Waals surface area contributed by atoms with Gasteiger partial charge < -0.3 is 20.1 Å². The molecule has 4 rings (SSSR count). The van der Waals surface area contributed by atoms with Crippen molar-refractivity contribution in [1.29, 1.82) is 0 Å². The van der Waals surface area contributed by atoms with Crippen molar-refractivity contribution in [3.05, 3.63) is 64.8 Å². The molecular formula is C26H31ClN4. The fraction of sp³-hybridized carbons (Fsp3) is 0.385. The van der Waals surface area contributed by atoms with Crippen LogP contribution in [0.2, 0.25) is 5.02 Å². The van der Waals surface area contributed by atoms with Crippen LogP contribution in [0.4, 0.5) is 5.69 Å². The molecule has 162 valence electrons. The first-order chi connectivity index (χ1) is 15.1. The normalized spacial score (nSPS) is 15.1. The number of aromatic nitrogens is 1. The summed E-state index contributed by atoms with van der Waals surface area (Å²) < 4.78 is 2.31. The summed E-state index contributed by atoms with van der Waals surface area (Å²) in [5, 5.41) is 9.16. The Hall–Kier alpha value is -2.45. The van der Waals surface area contributed by atoms with Crippen LogP contribution in [0, 0.1) is 11.8 Å². The number of benzene rings is 2. The second-order valence-electron chi connectivity index (χ2n) is 8.24. The molecule has 0 atom stereocenters. The second-order valence-corrected chi connectivity index (χ2v) is 8.68. The molecule has 0 saturated carbocycles. The van der Waals surface area contributed by atoms with E-state index in [4.69, 9.17) is 11.6 Å². The van der Waals surface area contributed by atoms with Gasteiger partial charge in [-0.1, -0.05) is 29.7 Å². The van der Waals surface area contributed by atoms with Gasteiger partial charge in [0.15, 0.2) is 0 Å². The zero-order valence-electron chi connectivity index (χ0n) is 18.4. The van der Waals surface area contributed by atoms with Crippen molar-refractivity contribution in [3.63, 3.8) is 0 Å². The van der Waals surface area contributed by atoms with E-state index in [1.165, 1.54) is 42.4 Å². The molecule has 1 aromatic heterocycles. The van der Waals surface area contributed by atoms with Crippen LogP contribution in [-0.2, 0) is 13.1 Å². The van der Waals surface area contributed by atoms with E-state index in [1.807, 2.05) is 24.3 Å². The molecule has 0 bridgehead atoms. The summed E-state index contributed by atoms with van der Waals surface area (Å²) >= 11 is 5.95. The molecule has 3 aromatic rings. The van der Waals surface area contributed by atoms with Crippen LogP contribution in [0.1, 0.15) is 31.0 Å². The van der Waals surface area contributed by atoms with Gasteiger partial charge in [-0.05, 0) is 87.8 Å². The quantitative estimate of drug-likeness (QED) is 0.537. The van der Waals surface area contributed by atoms with Crippen LogP contribution in [0.25, 0.3) is 10.9 Å².